The molecule has 2 aromatic carbocycles. The van der Waals surface area contributed by atoms with Gasteiger partial charge in [-0.15, -0.1) is 0 Å². The average Bonchev–Trinajstić information content (AvgIpc) is 2.96. The molecule has 1 aliphatic heterocycles. The minimum Gasteiger partial charge on any atom is -0.322 e. The van der Waals surface area contributed by atoms with Crippen LogP contribution in [0.4, 0.5) is 15.8 Å². The number of sulfonamides is 1. The fourth-order valence-electron chi connectivity index (χ4n) is 2.61. The Morgan fingerprint density at radius 3 is 2.54 bits per heavy atom. The number of nitrogens with one attached hydrogen (secondary N) is 1. The van der Waals surface area contributed by atoms with E-state index in [1.807, 2.05) is 0 Å². The van der Waals surface area contributed by atoms with Crippen LogP contribution >= 0.6 is 11.6 Å². The molecule has 136 valence electrons. The molecule has 1 saturated heterocycles. The first kappa shape index (κ1) is 18.4. The summed E-state index contributed by atoms with van der Waals surface area (Å²) in [4.78, 5) is 11.9. The molecular weight excluding hydrogens is 379 g/mol. The summed E-state index contributed by atoms with van der Waals surface area (Å²) in [6.07, 6.45) is 3.55. The molecule has 0 bridgehead atoms. The maximum Gasteiger partial charge on any atom is 0.248 e. The minimum atomic E-state index is -3.21. The quantitative estimate of drug-likeness (QED) is 0.804. The average molecular weight is 395 g/mol. The maximum absolute atomic E-state index is 13.1. The van der Waals surface area contributed by atoms with Crippen LogP contribution in [-0.4, -0.2) is 26.6 Å². The highest BCUT2D eigenvalue weighted by Crippen LogP contribution is 2.24. The first-order valence-corrected chi connectivity index (χ1v) is 9.88. The van der Waals surface area contributed by atoms with Crippen LogP contribution in [0.3, 0.4) is 0 Å². The van der Waals surface area contributed by atoms with Gasteiger partial charge >= 0.3 is 0 Å². The normalized spacial score (nSPS) is 16.2. The third-order valence-corrected chi connectivity index (χ3v) is 6.05. The number of hydrogen-bond acceptors (Lipinski definition) is 3. The molecule has 1 N–H and O–H groups in total. The van der Waals surface area contributed by atoms with Crippen LogP contribution in [0.1, 0.15) is 12.0 Å². The first-order chi connectivity index (χ1) is 12.3. The molecule has 1 fully saturated rings. The summed E-state index contributed by atoms with van der Waals surface area (Å²) in [5, 5.41) is 2.51. The van der Waals surface area contributed by atoms with Crippen molar-refractivity contribution in [2.45, 2.75) is 6.42 Å². The highest BCUT2D eigenvalue weighted by molar-refractivity contribution is 7.93. The van der Waals surface area contributed by atoms with Crippen molar-refractivity contribution in [1.29, 1.82) is 0 Å². The van der Waals surface area contributed by atoms with Crippen molar-refractivity contribution in [1.82, 2.24) is 0 Å². The van der Waals surface area contributed by atoms with Gasteiger partial charge < -0.3 is 5.32 Å². The van der Waals surface area contributed by atoms with Gasteiger partial charge in [0.15, 0.2) is 0 Å². The second-order valence-corrected chi connectivity index (χ2v) is 8.20. The lowest BCUT2D eigenvalue weighted by Gasteiger charge is -2.16. The van der Waals surface area contributed by atoms with Crippen LogP contribution in [0.5, 0.6) is 0 Å². The number of halogens is 2. The summed E-state index contributed by atoms with van der Waals surface area (Å²) in [5.74, 6) is -0.776. The van der Waals surface area contributed by atoms with E-state index in [1.165, 1.54) is 28.6 Å². The van der Waals surface area contributed by atoms with Crippen molar-refractivity contribution in [2.75, 3.05) is 21.9 Å². The van der Waals surface area contributed by atoms with E-state index in [2.05, 4.69) is 5.32 Å². The van der Waals surface area contributed by atoms with Crippen molar-refractivity contribution in [2.24, 2.45) is 0 Å². The Morgan fingerprint density at radius 1 is 1.19 bits per heavy atom. The largest absolute Gasteiger partial charge is 0.322 e. The molecule has 5 nitrogen and oxygen atoms in total. The van der Waals surface area contributed by atoms with E-state index in [-0.39, 0.29) is 16.7 Å². The fraction of sp³-hybridized carbons (Fsp3) is 0.167. The van der Waals surface area contributed by atoms with Gasteiger partial charge in [0, 0.05) is 18.3 Å². The Hall–Kier alpha value is -2.38. The summed E-state index contributed by atoms with van der Waals surface area (Å²) in [5.41, 5.74) is 1.75. The number of hydrogen-bond donors (Lipinski definition) is 1. The van der Waals surface area contributed by atoms with Gasteiger partial charge in [-0.05, 0) is 48.4 Å². The number of anilines is 2. The maximum atomic E-state index is 13.1. The number of carbonyl (C=O) groups is 1. The van der Waals surface area contributed by atoms with Crippen molar-refractivity contribution >= 4 is 45.0 Å². The Kier molecular flexibility index (Phi) is 5.29. The van der Waals surface area contributed by atoms with Crippen LogP contribution in [-0.2, 0) is 14.8 Å². The summed E-state index contributed by atoms with van der Waals surface area (Å²) in [6.45, 7) is 0.486. The van der Waals surface area contributed by atoms with E-state index in [1.54, 1.807) is 30.3 Å². The lowest BCUT2D eigenvalue weighted by molar-refractivity contribution is -0.111. The van der Waals surface area contributed by atoms with E-state index in [0.717, 1.165) is 5.56 Å². The Morgan fingerprint density at radius 2 is 1.92 bits per heavy atom. The number of amides is 1. The molecule has 0 aromatic heterocycles. The molecule has 1 aliphatic rings. The molecule has 0 aliphatic carbocycles. The lowest BCUT2D eigenvalue weighted by Crippen LogP contribution is -2.24. The summed E-state index contributed by atoms with van der Waals surface area (Å²) in [7, 11) is -3.21. The topological polar surface area (TPSA) is 66.5 Å². The van der Waals surface area contributed by atoms with Gasteiger partial charge in [0.1, 0.15) is 5.82 Å². The smallest absolute Gasteiger partial charge is 0.248 e. The van der Waals surface area contributed by atoms with E-state index < -0.39 is 15.8 Å². The number of benzene rings is 2. The molecule has 0 spiro atoms. The van der Waals surface area contributed by atoms with Crippen LogP contribution in [0.2, 0.25) is 5.02 Å². The van der Waals surface area contributed by atoms with Gasteiger partial charge in [-0.2, -0.15) is 0 Å². The predicted molar refractivity (Wildman–Crippen MR) is 101 cm³/mol. The zero-order valence-electron chi connectivity index (χ0n) is 13.7. The summed E-state index contributed by atoms with van der Waals surface area (Å²) < 4.78 is 38.3. The molecule has 0 atom stereocenters. The van der Waals surface area contributed by atoms with Gasteiger partial charge in [0.2, 0.25) is 15.9 Å². The molecule has 0 saturated carbocycles. The number of rotatable bonds is 4. The molecular formula is C18H16ClFN2O3S. The van der Waals surface area contributed by atoms with Crippen LogP contribution in [0.15, 0.2) is 48.5 Å². The van der Waals surface area contributed by atoms with Gasteiger partial charge in [0.25, 0.3) is 0 Å². The van der Waals surface area contributed by atoms with Crippen LogP contribution in [0, 0.1) is 5.82 Å². The Bertz CT molecular complexity index is 959. The van der Waals surface area contributed by atoms with Crippen LogP contribution in [0.25, 0.3) is 6.08 Å². The number of carbonyl (C=O) groups excluding carboxylic acids is 1. The molecule has 8 heteroatoms. The second-order valence-electron chi connectivity index (χ2n) is 5.78. The van der Waals surface area contributed by atoms with Crippen molar-refractivity contribution in [3.63, 3.8) is 0 Å². The Labute approximate surface area is 156 Å². The minimum absolute atomic E-state index is 0.0702. The van der Waals surface area contributed by atoms with Gasteiger partial charge in [0.05, 0.1) is 16.5 Å². The van der Waals surface area contributed by atoms with Gasteiger partial charge in [-0.1, -0.05) is 23.7 Å². The van der Waals surface area contributed by atoms with E-state index in [9.17, 15) is 17.6 Å². The molecule has 0 unspecified atom stereocenters. The molecule has 26 heavy (non-hydrogen) atoms. The lowest BCUT2D eigenvalue weighted by atomic mass is 10.2. The van der Waals surface area contributed by atoms with Crippen LogP contribution < -0.4 is 9.62 Å². The summed E-state index contributed by atoms with van der Waals surface area (Å²) in [6, 6.07) is 10.8. The van der Waals surface area contributed by atoms with Crippen molar-refractivity contribution < 1.29 is 17.6 Å². The zero-order chi connectivity index (χ0) is 18.7. The van der Waals surface area contributed by atoms with E-state index >= 15 is 0 Å². The van der Waals surface area contributed by atoms with Crippen molar-refractivity contribution in [3.8, 4) is 0 Å². The third-order valence-electron chi connectivity index (χ3n) is 3.89. The van der Waals surface area contributed by atoms with E-state index in [0.29, 0.717) is 24.3 Å². The van der Waals surface area contributed by atoms with Crippen molar-refractivity contribution in [3.05, 3.63) is 64.9 Å². The molecule has 0 radical (unpaired) electrons. The SMILES string of the molecule is O=C(/C=C/c1ccc(N2CCCS2(=O)=O)cc1)Nc1ccc(F)c(Cl)c1. The number of nitrogens with zero attached hydrogens (tertiary/aromatic N) is 1. The monoisotopic (exact) mass is 394 g/mol. The molecule has 2 aromatic rings. The Balaban J connectivity index is 1.64. The first-order valence-electron chi connectivity index (χ1n) is 7.90. The van der Waals surface area contributed by atoms with E-state index in [4.69, 9.17) is 11.6 Å². The molecule has 1 amide bonds. The standard InChI is InChI=1S/C18H16ClFN2O3S/c19-16-12-14(5-8-17(16)20)21-18(23)9-4-13-2-6-15(7-3-13)22-10-1-11-26(22,24)25/h2-9,12H,1,10-11H2,(H,21,23)/b9-4+. The highest BCUT2D eigenvalue weighted by Gasteiger charge is 2.28. The second kappa shape index (κ2) is 7.47. The van der Waals surface area contributed by atoms with Gasteiger partial charge in [-0.3, -0.25) is 9.10 Å². The zero-order valence-corrected chi connectivity index (χ0v) is 15.2. The summed E-state index contributed by atoms with van der Waals surface area (Å²) >= 11 is 5.67. The molecule has 3 rings (SSSR count). The van der Waals surface area contributed by atoms with Gasteiger partial charge in [-0.25, -0.2) is 12.8 Å². The molecule has 1 heterocycles. The third kappa shape index (κ3) is 4.23. The predicted octanol–water partition coefficient (Wildman–Crippen LogP) is 3.67. The highest BCUT2D eigenvalue weighted by atomic mass is 35.5. The fourth-order valence-corrected chi connectivity index (χ4v) is 4.36.